The SMILES string of the molecule is CCC(C)[C@H](NC(=O)[C@H]1CCCCN1C)C(=O)N(C)[C@H](C[C@@H](OC(C)O)c1nc(C(=O)N[C@@H](CCc2ccc(F)cc2)C[C@H](C)C(=O)NNC(=O)OCCSSc2ccccn2)cs1)C(C)C. The number of hydrazine groups is 1. The summed E-state index contributed by atoms with van der Waals surface area (Å²) < 4.78 is 24.9. The van der Waals surface area contributed by atoms with Gasteiger partial charge in [-0.25, -0.2) is 24.6 Å². The number of pyridine rings is 1. The first kappa shape index (κ1) is 55.3. The molecule has 16 nitrogen and oxygen atoms in total. The van der Waals surface area contributed by atoms with Crippen molar-refractivity contribution in [1.82, 2.24) is 41.3 Å². The number of rotatable bonds is 25. The van der Waals surface area contributed by atoms with Crippen molar-refractivity contribution in [2.75, 3.05) is 33.0 Å². The zero-order chi connectivity index (χ0) is 49.0. The standard InChI is InChI=1S/C47H69FN8O8S3/c1-9-30(4)41(52-44(60)37-14-11-13-23-55(37)7)46(61)56(8)38(29(2)3)27-39(64-32(6)57)45-51-36(28-65-45)43(59)50-35(21-18-33-16-19-34(48)20-17-33)26-31(5)42(58)53-54-47(62)63-24-25-66-67-40-15-10-12-22-49-40/h10,12,15-17,19-20,22,28-32,35,37-39,41,57H,9,11,13-14,18,21,23-27H2,1-8H3,(H,50,59)(H,52,60)(H,53,58)(H,54,62)/t30?,31-,32?,35-,37+,38+,39+,41-/m0/s1. The second kappa shape index (κ2) is 28.2. The van der Waals surface area contributed by atoms with Crippen LogP contribution < -0.4 is 21.5 Å². The molecule has 5 amide bonds. The second-order valence-corrected chi connectivity index (χ2v) is 20.8. The maximum atomic E-state index is 14.3. The molecule has 8 atom stereocenters. The number of aromatic nitrogens is 2. The fourth-order valence-corrected chi connectivity index (χ4v) is 10.3. The molecule has 4 rings (SSSR count). The van der Waals surface area contributed by atoms with Crippen molar-refractivity contribution in [2.45, 2.75) is 134 Å². The first-order valence-electron chi connectivity index (χ1n) is 23.0. The Labute approximate surface area is 406 Å². The number of carbonyl (C=O) groups is 5. The number of halogens is 1. The molecule has 0 spiro atoms. The monoisotopic (exact) mass is 988 g/mol. The Morgan fingerprint density at radius 3 is 2.42 bits per heavy atom. The molecule has 1 fully saturated rings. The van der Waals surface area contributed by atoms with Gasteiger partial charge in [0, 0.05) is 48.8 Å². The number of aryl methyl sites for hydroxylation is 1. The van der Waals surface area contributed by atoms with Gasteiger partial charge < -0.3 is 30.1 Å². The lowest BCUT2D eigenvalue weighted by atomic mass is 9.92. The van der Waals surface area contributed by atoms with Crippen molar-refractivity contribution < 1.29 is 42.9 Å². The van der Waals surface area contributed by atoms with E-state index in [1.54, 1.807) is 42.6 Å². The maximum Gasteiger partial charge on any atom is 0.426 e. The second-order valence-electron chi connectivity index (χ2n) is 17.5. The van der Waals surface area contributed by atoms with E-state index < -0.39 is 54.3 Å². The van der Waals surface area contributed by atoms with E-state index in [-0.39, 0.29) is 60.7 Å². The lowest BCUT2D eigenvalue weighted by molar-refractivity contribution is -0.146. The van der Waals surface area contributed by atoms with Crippen LogP contribution in [0, 0.1) is 23.6 Å². The number of amides is 5. The van der Waals surface area contributed by atoms with Crippen LogP contribution in [0.5, 0.6) is 0 Å². The van der Waals surface area contributed by atoms with Crippen LogP contribution in [0.1, 0.15) is 114 Å². The maximum absolute atomic E-state index is 14.3. The number of aliphatic hydroxyl groups excluding tert-OH is 1. The highest BCUT2D eigenvalue weighted by molar-refractivity contribution is 8.76. The van der Waals surface area contributed by atoms with E-state index in [0.717, 1.165) is 36.4 Å². The van der Waals surface area contributed by atoms with Crippen LogP contribution in [0.4, 0.5) is 9.18 Å². The molecule has 2 unspecified atom stereocenters. The van der Waals surface area contributed by atoms with Crippen molar-refractivity contribution in [3.8, 4) is 0 Å². The summed E-state index contributed by atoms with van der Waals surface area (Å²) in [6.45, 7) is 12.0. The number of hydrogen-bond acceptors (Lipinski definition) is 14. The Morgan fingerprint density at radius 1 is 1.01 bits per heavy atom. The van der Waals surface area contributed by atoms with Gasteiger partial charge in [-0.2, -0.15) is 0 Å². The molecule has 0 aliphatic carbocycles. The van der Waals surface area contributed by atoms with Crippen LogP contribution in [-0.2, 0) is 30.3 Å². The highest BCUT2D eigenvalue weighted by atomic mass is 33.1. The quantitative estimate of drug-likeness (QED) is 0.0254. The van der Waals surface area contributed by atoms with Gasteiger partial charge in [-0.15, -0.1) is 11.3 Å². The van der Waals surface area contributed by atoms with Crippen molar-refractivity contribution in [2.24, 2.45) is 17.8 Å². The number of nitrogens with zero attached hydrogens (tertiary/aromatic N) is 4. The Morgan fingerprint density at radius 2 is 1.76 bits per heavy atom. The summed E-state index contributed by atoms with van der Waals surface area (Å²) in [7, 11) is 6.59. The summed E-state index contributed by atoms with van der Waals surface area (Å²) in [4.78, 5) is 79.8. The molecular formula is C47H69FN8O8S3. The summed E-state index contributed by atoms with van der Waals surface area (Å²) in [6.07, 6.45) is 3.57. The highest BCUT2D eigenvalue weighted by Gasteiger charge is 2.37. The van der Waals surface area contributed by atoms with Crippen LogP contribution in [-0.4, -0.2) is 118 Å². The predicted molar refractivity (Wildman–Crippen MR) is 260 cm³/mol. The molecule has 0 bridgehead atoms. The largest absolute Gasteiger partial charge is 0.447 e. The molecule has 67 heavy (non-hydrogen) atoms. The molecule has 5 N–H and O–H groups in total. The van der Waals surface area contributed by atoms with Gasteiger partial charge in [0.2, 0.25) is 17.7 Å². The molecule has 1 saturated heterocycles. The molecule has 1 aliphatic rings. The van der Waals surface area contributed by atoms with E-state index in [1.165, 1.54) is 52.0 Å². The van der Waals surface area contributed by atoms with Gasteiger partial charge in [0.25, 0.3) is 5.91 Å². The molecule has 2 aromatic heterocycles. The zero-order valence-corrected chi connectivity index (χ0v) is 42.3. The normalized spacial score (nSPS) is 17.3. The van der Waals surface area contributed by atoms with E-state index >= 15 is 0 Å². The predicted octanol–water partition coefficient (Wildman–Crippen LogP) is 6.92. The average molecular weight is 989 g/mol. The minimum Gasteiger partial charge on any atom is -0.447 e. The molecular weight excluding hydrogens is 920 g/mol. The van der Waals surface area contributed by atoms with E-state index in [2.05, 4.69) is 31.5 Å². The van der Waals surface area contributed by atoms with Crippen molar-refractivity contribution in [1.29, 1.82) is 0 Å². The van der Waals surface area contributed by atoms with E-state index in [1.807, 2.05) is 57.8 Å². The van der Waals surface area contributed by atoms with Crippen molar-refractivity contribution >= 4 is 62.6 Å². The topological polar surface area (TPSA) is 204 Å². The van der Waals surface area contributed by atoms with E-state index in [9.17, 15) is 33.5 Å². The average Bonchev–Trinajstić information content (AvgIpc) is 3.81. The smallest absolute Gasteiger partial charge is 0.426 e. The number of ether oxygens (including phenoxy) is 2. The molecule has 1 aliphatic heterocycles. The van der Waals surface area contributed by atoms with Gasteiger partial charge in [0.15, 0.2) is 6.29 Å². The van der Waals surface area contributed by atoms with Crippen molar-refractivity contribution in [3.05, 3.63) is 76.1 Å². The fraction of sp³-hybridized carbons (Fsp3) is 0.596. The summed E-state index contributed by atoms with van der Waals surface area (Å²) >= 11 is 1.18. The summed E-state index contributed by atoms with van der Waals surface area (Å²) in [5.74, 6) is -2.11. The number of likely N-dealkylation sites (N-methyl/N-ethyl adjacent to an activating group) is 2. The molecule has 3 heterocycles. The van der Waals surface area contributed by atoms with Gasteiger partial charge in [-0.05, 0) is 105 Å². The van der Waals surface area contributed by atoms with Crippen LogP contribution >= 0.6 is 32.9 Å². The third-order valence-corrected chi connectivity index (χ3v) is 15.1. The van der Waals surface area contributed by atoms with Gasteiger partial charge in [-0.1, -0.05) is 76.5 Å². The lowest BCUT2D eigenvalue weighted by Crippen LogP contribution is -2.58. The Hall–Kier alpha value is -4.34. The fourth-order valence-electron chi connectivity index (χ4n) is 7.78. The Kier molecular flexibility index (Phi) is 23.3. The third kappa shape index (κ3) is 18.3. The molecule has 0 radical (unpaired) electrons. The van der Waals surface area contributed by atoms with Crippen LogP contribution in [0.15, 0.2) is 59.1 Å². The van der Waals surface area contributed by atoms with Gasteiger partial charge in [-0.3, -0.25) is 29.5 Å². The highest BCUT2D eigenvalue weighted by Crippen LogP contribution is 2.32. The minimum absolute atomic E-state index is 0.0668. The number of hydrogen-bond donors (Lipinski definition) is 5. The number of nitrogens with one attached hydrogen (secondary N) is 4. The van der Waals surface area contributed by atoms with Crippen LogP contribution in [0.25, 0.3) is 0 Å². The number of likely N-dealkylation sites (tertiary alicyclic amines) is 1. The zero-order valence-electron chi connectivity index (χ0n) is 39.9. The first-order valence-corrected chi connectivity index (χ1v) is 26.2. The number of thiazole rings is 1. The summed E-state index contributed by atoms with van der Waals surface area (Å²) in [5, 5.41) is 19.4. The molecule has 20 heteroatoms. The lowest BCUT2D eigenvalue weighted by Gasteiger charge is -2.38. The van der Waals surface area contributed by atoms with Gasteiger partial charge >= 0.3 is 6.09 Å². The Balaban J connectivity index is 1.42. The Bertz CT molecular complexity index is 2020. The number of aliphatic hydroxyl groups is 1. The van der Waals surface area contributed by atoms with E-state index in [4.69, 9.17) is 9.47 Å². The van der Waals surface area contributed by atoms with Crippen LogP contribution in [0.2, 0.25) is 0 Å². The van der Waals surface area contributed by atoms with Gasteiger partial charge in [0.05, 0.1) is 6.04 Å². The summed E-state index contributed by atoms with van der Waals surface area (Å²) in [6, 6.07) is 9.65. The molecule has 3 aromatic rings. The third-order valence-electron chi connectivity index (χ3n) is 11.9. The molecule has 1 aromatic carbocycles. The number of carbonyl (C=O) groups excluding carboxylic acids is 5. The molecule has 0 saturated carbocycles. The first-order chi connectivity index (χ1) is 32.0. The summed E-state index contributed by atoms with van der Waals surface area (Å²) in [5.41, 5.74) is 5.61. The van der Waals surface area contributed by atoms with Crippen molar-refractivity contribution in [3.63, 3.8) is 0 Å². The molecule has 370 valence electrons. The minimum atomic E-state index is -1.19. The van der Waals surface area contributed by atoms with Crippen LogP contribution in [0.3, 0.4) is 0 Å². The number of benzene rings is 1. The van der Waals surface area contributed by atoms with Gasteiger partial charge in [0.1, 0.15) is 40.3 Å². The number of piperidine rings is 1. The van der Waals surface area contributed by atoms with E-state index in [0.29, 0.717) is 30.0 Å².